The van der Waals surface area contributed by atoms with E-state index in [4.69, 9.17) is 11.2 Å². The Morgan fingerprint density at radius 1 is 1.13 bits per heavy atom. The predicted molar refractivity (Wildman–Crippen MR) is 59.2 cm³/mol. The first-order chi connectivity index (χ1) is 7.29. The number of benzene rings is 1. The minimum absolute atomic E-state index is 0.304. The zero-order chi connectivity index (χ0) is 10.7. The van der Waals surface area contributed by atoms with E-state index in [-0.39, 0.29) is 6.29 Å². The van der Waals surface area contributed by atoms with Crippen LogP contribution in [0.2, 0.25) is 8.87 Å². The molecule has 1 fully saturated rings. The van der Waals surface area contributed by atoms with Crippen LogP contribution in [0.5, 0.6) is 0 Å². The van der Waals surface area contributed by atoms with E-state index in [1.54, 1.807) is 0 Å². The van der Waals surface area contributed by atoms with Crippen molar-refractivity contribution in [2.75, 3.05) is 0 Å². The summed E-state index contributed by atoms with van der Waals surface area (Å²) in [5.74, 6) is 0. The van der Waals surface area contributed by atoms with Gasteiger partial charge >= 0.3 is 95.3 Å². The van der Waals surface area contributed by atoms with Crippen LogP contribution in [-0.4, -0.2) is 19.2 Å². The Bertz CT molecular complexity index is 311. The molecular weight excluding hydrogens is 299 g/mol. The molecule has 0 aliphatic carbocycles. The van der Waals surface area contributed by atoms with Gasteiger partial charge in [0.05, 0.1) is 0 Å². The van der Waals surface area contributed by atoms with Crippen LogP contribution in [0.4, 0.5) is 0 Å². The summed E-state index contributed by atoms with van der Waals surface area (Å²) in [6, 6.07) is 9.95. The summed E-state index contributed by atoms with van der Waals surface area (Å²) < 4.78 is 13.5. The van der Waals surface area contributed by atoms with Gasteiger partial charge in [-0.05, 0) is 0 Å². The molecule has 0 bridgehead atoms. The molecule has 0 N–H and O–H groups in total. The van der Waals surface area contributed by atoms with Gasteiger partial charge in [0.2, 0.25) is 0 Å². The van der Waals surface area contributed by atoms with Crippen molar-refractivity contribution in [3.63, 3.8) is 0 Å². The average Bonchev–Trinajstić information content (AvgIpc) is 2.75. The van der Waals surface area contributed by atoms with E-state index >= 15 is 0 Å². The van der Waals surface area contributed by atoms with Gasteiger partial charge in [0, 0.05) is 0 Å². The van der Waals surface area contributed by atoms with Gasteiger partial charge in [0.1, 0.15) is 0 Å². The van der Waals surface area contributed by atoms with E-state index in [9.17, 15) is 0 Å². The van der Waals surface area contributed by atoms with Crippen LogP contribution in [0.1, 0.15) is 25.7 Å². The van der Waals surface area contributed by atoms with Crippen LogP contribution in [0, 0.1) is 0 Å². The molecule has 82 valence electrons. The Labute approximate surface area is 95.2 Å². The van der Waals surface area contributed by atoms with Crippen molar-refractivity contribution in [2.24, 2.45) is 0 Å². The third-order valence-corrected chi connectivity index (χ3v) is 11.9. The van der Waals surface area contributed by atoms with Crippen molar-refractivity contribution < 1.29 is 11.2 Å². The molecule has 15 heavy (non-hydrogen) atoms. The minimum atomic E-state index is -2.81. The summed E-state index contributed by atoms with van der Waals surface area (Å²) in [5, 5.41) is 0. The summed E-state index contributed by atoms with van der Waals surface area (Å²) >= 11 is -2.81. The van der Waals surface area contributed by atoms with Gasteiger partial charge in [-0.15, -0.1) is 0 Å². The maximum absolute atomic E-state index is 6.00. The molecule has 2 rings (SSSR count). The molecule has 1 aromatic carbocycles. The van der Waals surface area contributed by atoms with Gasteiger partial charge in [-0.25, -0.2) is 0 Å². The molecular formula is C11H16O3Sn. The van der Waals surface area contributed by atoms with Crippen LogP contribution in [-0.2, 0) is 11.2 Å². The third kappa shape index (κ3) is 2.36. The molecule has 0 saturated carbocycles. The normalized spacial score (nSPS) is 24.3. The number of rotatable bonds is 3. The molecule has 1 heterocycles. The average molecular weight is 315 g/mol. The Hall–Kier alpha value is -0.101. The Morgan fingerprint density at radius 2 is 1.80 bits per heavy atom. The second-order valence-corrected chi connectivity index (χ2v) is 14.0. The molecule has 1 aliphatic heterocycles. The van der Waals surface area contributed by atoms with Gasteiger partial charge in [0.15, 0.2) is 0 Å². The topological polar surface area (TPSA) is 27.7 Å². The van der Waals surface area contributed by atoms with Crippen molar-refractivity contribution in [1.29, 1.82) is 0 Å². The van der Waals surface area contributed by atoms with Crippen LogP contribution >= 0.6 is 0 Å². The molecule has 1 saturated heterocycles. The standard InChI is InChI=1S/C7H7O3.2C2H5.Sn/c8-7(10-9)6-4-2-1-3-5-6;2*1-2;/h1-5,7,9H;2*1H2,2H3;/q-1;;;+2/p-1/t7-;;;/m1.../s1. The molecule has 0 aromatic heterocycles. The van der Waals surface area contributed by atoms with E-state index in [0.717, 1.165) is 14.4 Å². The molecule has 0 radical (unpaired) electrons. The third-order valence-electron chi connectivity index (χ3n) is 2.76. The van der Waals surface area contributed by atoms with Gasteiger partial charge in [0.25, 0.3) is 0 Å². The summed E-state index contributed by atoms with van der Waals surface area (Å²) in [5.41, 5.74) is 1.04. The molecule has 0 amide bonds. The first kappa shape index (κ1) is 11.4. The molecule has 0 unspecified atom stereocenters. The van der Waals surface area contributed by atoms with Crippen LogP contribution in [0.3, 0.4) is 0 Å². The SMILES string of the molecule is C[CH2][Sn]1([CH2]C)[O]O[C@H](c2ccccc2)[O]1. The maximum atomic E-state index is 6.00. The van der Waals surface area contributed by atoms with E-state index < -0.39 is 19.2 Å². The zero-order valence-electron chi connectivity index (χ0n) is 9.10. The molecule has 0 spiro atoms. The Balaban J connectivity index is 2.10. The second kappa shape index (κ2) is 4.82. The molecule has 3 nitrogen and oxygen atoms in total. The van der Waals surface area contributed by atoms with Crippen molar-refractivity contribution in [3.05, 3.63) is 35.9 Å². The quantitative estimate of drug-likeness (QED) is 0.633. The van der Waals surface area contributed by atoms with Crippen LogP contribution in [0.15, 0.2) is 30.3 Å². The fourth-order valence-corrected chi connectivity index (χ4v) is 7.16. The monoisotopic (exact) mass is 316 g/mol. The first-order valence-corrected chi connectivity index (χ1v) is 11.7. The van der Waals surface area contributed by atoms with Crippen molar-refractivity contribution in [3.8, 4) is 0 Å². The van der Waals surface area contributed by atoms with Crippen molar-refractivity contribution in [1.82, 2.24) is 0 Å². The van der Waals surface area contributed by atoms with Gasteiger partial charge < -0.3 is 0 Å². The second-order valence-electron chi connectivity index (χ2n) is 3.66. The molecule has 1 atom stereocenters. The fourth-order valence-electron chi connectivity index (χ4n) is 1.63. The van der Waals surface area contributed by atoms with Gasteiger partial charge in [-0.2, -0.15) is 0 Å². The molecule has 1 aliphatic rings. The van der Waals surface area contributed by atoms with Crippen molar-refractivity contribution >= 4 is 19.2 Å². The Kier molecular flexibility index (Phi) is 3.66. The first-order valence-electron chi connectivity index (χ1n) is 5.37. The van der Waals surface area contributed by atoms with Crippen molar-refractivity contribution in [2.45, 2.75) is 29.0 Å². The van der Waals surface area contributed by atoms with E-state index in [2.05, 4.69) is 13.8 Å². The van der Waals surface area contributed by atoms with Gasteiger partial charge in [-0.3, -0.25) is 0 Å². The summed E-state index contributed by atoms with van der Waals surface area (Å²) in [7, 11) is 0. The summed E-state index contributed by atoms with van der Waals surface area (Å²) in [6.45, 7) is 4.24. The summed E-state index contributed by atoms with van der Waals surface area (Å²) in [4.78, 5) is 5.31. The molecule has 1 aromatic rings. The van der Waals surface area contributed by atoms with E-state index in [0.29, 0.717) is 0 Å². The Morgan fingerprint density at radius 3 is 2.33 bits per heavy atom. The number of hydrogen-bond donors (Lipinski definition) is 0. The summed E-state index contributed by atoms with van der Waals surface area (Å²) in [6.07, 6.45) is -0.304. The molecule has 4 heteroatoms. The van der Waals surface area contributed by atoms with E-state index in [1.807, 2.05) is 30.3 Å². The predicted octanol–water partition coefficient (Wildman–Crippen LogP) is 3.15. The van der Waals surface area contributed by atoms with Crippen LogP contribution in [0.25, 0.3) is 0 Å². The van der Waals surface area contributed by atoms with Gasteiger partial charge in [-0.1, -0.05) is 0 Å². The fraction of sp³-hybridized carbons (Fsp3) is 0.455. The number of hydrogen-bond acceptors (Lipinski definition) is 3. The van der Waals surface area contributed by atoms with Crippen LogP contribution < -0.4 is 0 Å². The van der Waals surface area contributed by atoms with E-state index in [1.165, 1.54) is 0 Å². The zero-order valence-corrected chi connectivity index (χ0v) is 12.0.